The van der Waals surface area contributed by atoms with Gasteiger partial charge < -0.3 is 10.6 Å². The summed E-state index contributed by atoms with van der Waals surface area (Å²) in [6.45, 7) is 3.08. The number of nitrogens with two attached hydrogens (primary N) is 1. The van der Waals surface area contributed by atoms with Gasteiger partial charge in [0.2, 0.25) is 5.88 Å². The van der Waals surface area contributed by atoms with Crippen molar-refractivity contribution in [3.63, 3.8) is 0 Å². The molecule has 10 heavy (non-hydrogen) atoms. The zero-order valence-electron chi connectivity index (χ0n) is 6.13. The molecule has 3 N–H and O–H groups in total. The van der Waals surface area contributed by atoms with E-state index in [1.807, 2.05) is 5.01 Å². The molecule has 0 saturated carbocycles. The lowest BCUT2D eigenvalue weighted by atomic mass is 10.3. The van der Waals surface area contributed by atoms with Crippen molar-refractivity contribution in [2.75, 3.05) is 6.54 Å². The average molecular weight is 143 g/mol. The van der Waals surface area contributed by atoms with Crippen molar-refractivity contribution in [2.24, 2.45) is 5.73 Å². The van der Waals surface area contributed by atoms with Crippen molar-refractivity contribution >= 4 is 0 Å². The van der Waals surface area contributed by atoms with Gasteiger partial charge in [-0.05, 0) is 6.42 Å². The van der Waals surface area contributed by atoms with E-state index in [0.29, 0.717) is 5.88 Å². The molecule has 0 saturated heterocycles. The quantitative estimate of drug-likeness (QED) is 0.596. The van der Waals surface area contributed by atoms with E-state index < -0.39 is 0 Å². The normalized spacial score (nSPS) is 16.9. The van der Waals surface area contributed by atoms with Crippen LogP contribution in [-0.2, 0) is 4.84 Å². The highest BCUT2D eigenvalue weighted by Crippen LogP contribution is 2.01. The predicted molar refractivity (Wildman–Crippen MR) is 38.1 cm³/mol. The summed E-state index contributed by atoms with van der Waals surface area (Å²) < 4.78 is 0. The first-order chi connectivity index (χ1) is 4.83. The fourth-order valence-corrected chi connectivity index (χ4v) is 0.756. The molecule has 4 nitrogen and oxygen atoms in total. The van der Waals surface area contributed by atoms with Gasteiger partial charge in [0.15, 0.2) is 0 Å². The molecular weight excluding hydrogens is 130 g/mol. The lowest BCUT2D eigenvalue weighted by Crippen LogP contribution is -2.28. The Kier molecular flexibility index (Phi) is 2.39. The summed E-state index contributed by atoms with van der Waals surface area (Å²) in [7, 11) is 0. The Morgan fingerprint density at radius 3 is 3.10 bits per heavy atom. The van der Waals surface area contributed by atoms with Crippen LogP contribution in [0.5, 0.6) is 0 Å². The van der Waals surface area contributed by atoms with Crippen molar-refractivity contribution in [1.82, 2.24) is 10.6 Å². The molecule has 0 spiro atoms. The van der Waals surface area contributed by atoms with Crippen LogP contribution in [0.3, 0.4) is 0 Å². The minimum atomic E-state index is 0.427. The van der Waals surface area contributed by atoms with E-state index in [4.69, 9.17) is 10.6 Å². The SMILES string of the molecule is CCCCN1C=C(N)ON1. The standard InChI is InChI=1S/C6H13N3O/c1-2-3-4-9-5-6(7)10-8-9/h5,8H,2-4,7H2,1H3. The number of unbranched alkanes of at least 4 members (excludes halogenated alkanes) is 1. The summed E-state index contributed by atoms with van der Waals surface area (Å²) in [6, 6.07) is 0. The Morgan fingerprint density at radius 2 is 2.60 bits per heavy atom. The molecule has 0 aliphatic carbocycles. The fraction of sp³-hybridized carbons (Fsp3) is 0.667. The van der Waals surface area contributed by atoms with Gasteiger partial charge in [0.1, 0.15) is 0 Å². The van der Waals surface area contributed by atoms with E-state index in [1.165, 1.54) is 6.42 Å². The minimum Gasteiger partial charge on any atom is -0.370 e. The van der Waals surface area contributed by atoms with Gasteiger partial charge in [-0.15, -0.1) is 0 Å². The molecule has 0 radical (unpaired) electrons. The second kappa shape index (κ2) is 3.31. The minimum absolute atomic E-state index is 0.427. The first-order valence-corrected chi connectivity index (χ1v) is 3.49. The Hall–Kier alpha value is -0.900. The number of nitrogens with zero attached hydrogens (tertiary/aromatic N) is 1. The van der Waals surface area contributed by atoms with Crippen LogP contribution < -0.4 is 11.3 Å². The van der Waals surface area contributed by atoms with Crippen molar-refractivity contribution < 1.29 is 4.84 Å². The second-order valence-corrected chi connectivity index (χ2v) is 2.27. The topological polar surface area (TPSA) is 50.5 Å². The van der Waals surface area contributed by atoms with Gasteiger partial charge in [0.05, 0.1) is 6.20 Å². The number of hydrogen-bond donors (Lipinski definition) is 2. The smallest absolute Gasteiger partial charge is 0.229 e. The van der Waals surface area contributed by atoms with Gasteiger partial charge in [0, 0.05) is 6.54 Å². The average Bonchev–Trinajstić information content (AvgIpc) is 2.31. The van der Waals surface area contributed by atoms with Crippen LogP contribution in [0.1, 0.15) is 19.8 Å². The molecule has 1 heterocycles. The summed E-state index contributed by atoms with van der Waals surface area (Å²) in [5.41, 5.74) is 7.99. The van der Waals surface area contributed by atoms with Crippen LogP contribution in [0.15, 0.2) is 12.1 Å². The van der Waals surface area contributed by atoms with E-state index in [-0.39, 0.29) is 0 Å². The lowest BCUT2D eigenvalue weighted by molar-refractivity contribution is 0.0204. The van der Waals surface area contributed by atoms with E-state index in [1.54, 1.807) is 6.20 Å². The first kappa shape index (κ1) is 7.21. The van der Waals surface area contributed by atoms with Gasteiger partial charge >= 0.3 is 0 Å². The highest BCUT2D eigenvalue weighted by atomic mass is 16.7. The van der Waals surface area contributed by atoms with E-state index in [2.05, 4.69) is 12.5 Å². The number of hydrogen-bond acceptors (Lipinski definition) is 4. The monoisotopic (exact) mass is 143 g/mol. The molecule has 0 amide bonds. The van der Waals surface area contributed by atoms with E-state index >= 15 is 0 Å². The van der Waals surface area contributed by atoms with E-state index in [0.717, 1.165) is 13.0 Å². The van der Waals surface area contributed by atoms with Crippen molar-refractivity contribution in [1.29, 1.82) is 0 Å². The number of rotatable bonds is 3. The molecule has 58 valence electrons. The van der Waals surface area contributed by atoms with Crippen LogP contribution >= 0.6 is 0 Å². The molecule has 4 heteroatoms. The van der Waals surface area contributed by atoms with Crippen molar-refractivity contribution in [2.45, 2.75) is 19.8 Å². The summed E-state index contributed by atoms with van der Waals surface area (Å²) >= 11 is 0. The molecule has 0 aromatic carbocycles. The molecule has 1 aliphatic rings. The zero-order chi connectivity index (χ0) is 7.40. The molecule has 1 rings (SSSR count). The van der Waals surface area contributed by atoms with Gasteiger partial charge in [-0.3, -0.25) is 5.01 Å². The number of nitrogens with one attached hydrogen (secondary N) is 1. The Morgan fingerprint density at radius 1 is 1.80 bits per heavy atom. The van der Waals surface area contributed by atoms with Crippen molar-refractivity contribution in [3.8, 4) is 0 Å². The molecule has 0 unspecified atom stereocenters. The molecule has 0 aromatic rings. The molecule has 0 aromatic heterocycles. The lowest BCUT2D eigenvalue weighted by Gasteiger charge is -2.11. The Bertz CT molecular complexity index is 135. The molecule has 0 atom stereocenters. The third-order valence-electron chi connectivity index (χ3n) is 1.32. The van der Waals surface area contributed by atoms with Gasteiger partial charge in [0.25, 0.3) is 0 Å². The Balaban J connectivity index is 2.18. The summed E-state index contributed by atoms with van der Waals surface area (Å²) in [6.07, 6.45) is 4.06. The maximum atomic E-state index is 5.33. The molecule has 0 fully saturated rings. The van der Waals surface area contributed by atoms with Gasteiger partial charge in [-0.2, -0.15) is 0 Å². The summed E-state index contributed by atoms with van der Waals surface area (Å²) in [5, 5.41) is 1.83. The highest BCUT2D eigenvalue weighted by Gasteiger charge is 2.07. The maximum Gasteiger partial charge on any atom is 0.229 e. The van der Waals surface area contributed by atoms with Crippen molar-refractivity contribution in [3.05, 3.63) is 12.1 Å². The molecule has 1 aliphatic heterocycles. The van der Waals surface area contributed by atoms with Crippen LogP contribution in [0, 0.1) is 0 Å². The maximum absolute atomic E-state index is 5.33. The predicted octanol–water partition coefficient (Wildman–Crippen LogP) is 0.296. The van der Waals surface area contributed by atoms with E-state index in [9.17, 15) is 0 Å². The zero-order valence-corrected chi connectivity index (χ0v) is 6.13. The van der Waals surface area contributed by atoms with Gasteiger partial charge in [-0.25, -0.2) is 0 Å². The molecular formula is C6H13N3O. The largest absolute Gasteiger partial charge is 0.370 e. The van der Waals surface area contributed by atoms with Crippen LogP contribution in [0.4, 0.5) is 0 Å². The molecule has 0 bridgehead atoms. The third kappa shape index (κ3) is 1.80. The second-order valence-electron chi connectivity index (χ2n) is 2.27. The summed E-state index contributed by atoms with van der Waals surface area (Å²) in [5.74, 6) is 0.427. The van der Waals surface area contributed by atoms with Gasteiger partial charge in [-0.1, -0.05) is 18.9 Å². The third-order valence-corrected chi connectivity index (χ3v) is 1.32. The first-order valence-electron chi connectivity index (χ1n) is 3.49. The van der Waals surface area contributed by atoms with Crippen LogP contribution in [0.25, 0.3) is 0 Å². The summed E-state index contributed by atoms with van der Waals surface area (Å²) in [4.78, 5) is 4.78. The Labute approximate surface area is 60.6 Å². The fourth-order valence-electron chi connectivity index (χ4n) is 0.756. The van der Waals surface area contributed by atoms with Crippen LogP contribution in [-0.4, -0.2) is 11.6 Å². The number of hydrazine groups is 1. The highest BCUT2D eigenvalue weighted by molar-refractivity contribution is 4.88. The van der Waals surface area contributed by atoms with Crippen LogP contribution in [0.2, 0.25) is 0 Å².